The highest BCUT2D eigenvalue weighted by atomic mass is 16.2. The van der Waals surface area contributed by atoms with E-state index in [1.54, 1.807) is 0 Å². The molecule has 0 bridgehead atoms. The van der Waals surface area contributed by atoms with Crippen molar-refractivity contribution in [3.05, 3.63) is 69.0 Å². The Morgan fingerprint density at radius 3 is 2.56 bits per heavy atom. The summed E-state index contributed by atoms with van der Waals surface area (Å²) < 4.78 is 0.951. The molecule has 0 aliphatic heterocycles. The molecule has 5 nitrogen and oxygen atoms in total. The number of nitrogens with zero attached hydrogens (tertiary/aromatic N) is 1. The van der Waals surface area contributed by atoms with E-state index in [1.165, 1.54) is 12.3 Å². The molecular weight excluding hydrogens is 206 g/mol. The Kier molecular flexibility index (Phi) is 2.86. The lowest BCUT2D eigenvalue weighted by atomic mass is 10.2. The maximum atomic E-state index is 11.3. The lowest BCUT2D eigenvalue weighted by Crippen LogP contribution is -2.40. The molecule has 0 spiro atoms. The molecule has 0 aliphatic carbocycles. The van der Waals surface area contributed by atoms with Gasteiger partial charge in [0.25, 0.3) is 5.56 Å². The number of hydrogen-bond donors (Lipinski definition) is 2. The van der Waals surface area contributed by atoms with Gasteiger partial charge in [0.1, 0.15) is 0 Å². The first-order valence-electron chi connectivity index (χ1n) is 4.86. The predicted molar refractivity (Wildman–Crippen MR) is 60.8 cm³/mol. The van der Waals surface area contributed by atoms with E-state index in [0.717, 1.165) is 10.2 Å². The van der Waals surface area contributed by atoms with Crippen molar-refractivity contribution in [1.29, 1.82) is 0 Å². The molecule has 2 rings (SSSR count). The van der Waals surface area contributed by atoms with Crippen LogP contribution in [0.3, 0.4) is 0 Å². The second-order valence-corrected chi connectivity index (χ2v) is 3.28. The average Bonchev–Trinajstić information content (AvgIpc) is 2.30. The van der Waals surface area contributed by atoms with Crippen molar-refractivity contribution < 1.29 is 0 Å². The first kappa shape index (κ1) is 10.2. The van der Waals surface area contributed by atoms with E-state index in [9.17, 15) is 9.59 Å². The summed E-state index contributed by atoms with van der Waals surface area (Å²) >= 11 is 0. The summed E-state index contributed by atoms with van der Waals surface area (Å²) in [7, 11) is 0. The van der Waals surface area contributed by atoms with Gasteiger partial charge in [-0.05, 0) is 5.56 Å². The van der Waals surface area contributed by atoms with E-state index in [0.29, 0.717) is 6.54 Å². The zero-order valence-corrected chi connectivity index (χ0v) is 8.51. The fraction of sp³-hybridized carbons (Fsp3) is 0.0909. The molecule has 1 aromatic heterocycles. The fourth-order valence-corrected chi connectivity index (χ4v) is 1.34. The molecule has 0 saturated carbocycles. The summed E-state index contributed by atoms with van der Waals surface area (Å²) in [5.41, 5.74) is 2.91. The van der Waals surface area contributed by atoms with E-state index < -0.39 is 5.69 Å². The number of aromatic amines is 1. The van der Waals surface area contributed by atoms with Crippen LogP contribution in [0, 0.1) is 0 Å². The highest BCUT2D eigenvalue weighted by molar-refractivity contribution is 5.15. The number of nitrogens with one attached hydrogen (secondary N) is 2. The van der Waals surface area contributed by atoms with Gasteiger partial charge >= 0.3 is 5.69 Å². The summed E-state index contributed by atoms with van der Waals surface area (Å²) in [4.78, 5) is 25.1. The smallest absolute Gasteiger partial charge is 0.314 e. The Labute approximate surface area is 91.3 Å². The second kappa shape index (κ2) is 4.48. The van der Waals surface area contributed by atoms with E-state index in [4.69, 9.17) is 0 Å². The molecule has 16 heavy (non-hydrogen) atoms. The lowest BCUT2D eigenvalue weighted by molar-refractivity contribution is 0.741. The molecule has 0 unspecified atom stereocenters. The first-order chi connectivity index (χ1) is 7.77. The lowest BCUT2D eigenvalue weighted by Gasteiger charge is -2.06. The summed E-state index contributed by atoms with van der Waals surface area (Å²) in [5, 5.41) is 0. The summed E-state index contributed by atoms with van der Waals surface area (Å²) in [6, 6.07) is 10.8. The number of H-pyrrole nitrogens is 1. The van der Waals surface area contributed by atoms with Gasteiger partial charge < -0.3 is 10.4 Å². The zero-order valence-electron chi connectivity index (χ0n) is 8.51. The topological polar surface area (TPSA) is 66.9 Å². The Morgan fingerprint density at radius 2 is 1.88 bits per heavy atom. The number of benzene rings is 1. The molecule has 1 aromatic carbocycles. The molecule has 1 heterocycles. The van der Waals surface area contributed by atoms with E-state index >= 15 is 0 Å². The van der Waals surface area contributed by atoms with E-state index in [-0.39, 0.29) is 5.56 Å². The molecule has 2 N–H and O–H groups in total. The second-order valence-electron chi connectivity index (χ2n) is 3.28. The van der Waals surface area contributed by atoms with E-state index in [2.05, 4.69) is 10.4 Å². The van der Waals surface area contributed by atoms with Crippen molar-refractivity contribution in [3.63, 3.8) is 0 Å². The molecule has 0 aliphatic rings. The van der Waals surface area contributed by atoms with Gasteiger partial charge in [-0.1, -0.05) is 30.3 Å². The maximum absolute atomic E-state index is 11.3. The van der Waals surface area contributed by atoms with Crippen molar-refractivity contribution in [2.24, 2.45) is 0 Å². The van der Waals surface area contributed by atoms with Crippen LogP contribution >= 0.6 is 0 Å². The van der Waals surface area contributed by atoms with Gasteiger partial charge in [0.2, 0.25) is 0 Å². The molecule has 0 atom stereocenters. The number of aromatic nitrogens is 2. The van der Waals surface area contributed by atoms with Gasteiger partial charge in [0, 0.05) is 12.3 Å². The molecule has 0 fully saturated rings. The quantitative estimate of drug-likeness (QED) is 0.776. The van der Waals surface area contributed by atoms with Gasteiger partial charge in [0.05, 0.1) is 6.54 Å². The first-order valence-corrected chi connectivity index (χ1v) is 4.86. The molecular formula is C11H11N3O2. The van der Waals surface area contributed by atoms with Crippen LogP contribution in [0.5, 0.6) is 0 Å². The highest BCUT2D eigenvalue weighted by Crippen LogP contribution is 1.96. The standard InChI is InChI=1S/C11H11N3O2/c15-10-6-7-12-11(16)14(10)13-8-9-4-2-1-3-5-9/h1-7,13H,8H2,(H,12,16). The van der Waals surface area contributed by atoms with Crippen LogP contribution in [0.1, 0.15) is 5.56 Å². The molecule has 0 amide bonds. The van der Waals surface area contributed by atoms with Gasteiger partial charge in [0.15, 0.2) is 0 Å². The van der Waals surface area contributed by atoms with E-state index in [1.807, 2.05) is 30.3 Å². The largest absolute Gasteiger partial charge is 0.347 e. The van der Waals surface area contributed by atoms with Crippen LogP contribution in [-0.4, -0.2) is 9.66 Å². The van der Waals surface area contributed by atoms with Gasteiger partial charge in [-0.3, -0.25) is 4.79 Å². The predicted octanol–water partition coefficient (Wildman–Crippen LogP) is 0.280. The van der Waals surface area contributed by atoms with Crippen LogP contribution in [0.2, 0.25) is 0 Å². The minimum atomic E-state index is -0.469. The molecule has 2 aromatic rings. The molecule has 82 valence electrons. The molecule has 0 saturated heterocycles. The van der Waals surface area contributed by atoms with Crippen molar-refractivity contribution >= 4 is 0 Å². The minimum Gasteiger partial charge on any atom is -0.314 e. The Morgan fingerprint density at radius 1 is 1.12 bits per heavy atom. The van der Waals surface area contributed by atoms with Crippen molar-refractivity contribution in [2.75, 3.05) is 5.43 Å². The van der Waals surface area contributed by atoms with Gasteiger partial charge in [-0.25, -0.2) is 4.79 Å². The number of rotatable bonds is 3. The molecule has 0 radical (unpaired) electrons. The zero-order chi connectivity index (χ0) is 11.4. The Balaban J connectivity index is 2.17. The third-order valence-corrected chi connectivity index (χ3v) is 2.14. The van der Waals surface area contributed by atoms with Crippen LogP contribution in [-0.2, 0) is 6.54 Å². The average molecular weight is 217 g/mol. The summed E-state index contributed by atoms with van der Waals surface area (Å²) in [6.07, 6.45) is 1.32. The van der Waals surface area contributed by atoms with Crippen LogP contribution in [0.25, 0.3) is 0 Å². The van der Waals surface area contributed by atoms with Crippen LogP contribution in [0.15, 0.2) is 52.2 Å². The molecule has 5 heteroatoms. The summed E-state index contributed by atoms with van der Waals surface area (Å²) in [6.45, 7) is 0.424. The third kappa shape index (κ3) is 2.20. The van der Waals surface area contributed by atoms with Gasteiger partial charge in [-0.15, -0.1) is 0 Å². The third-order valence-electron chi connectivity index (χ3n) is 2.14. The fourth-order valence-electron chi connectivity index (χ4n) is 1.34. The maximum Gasteiger partial charge on any atom is 0.347 e. The van der Waals surface area contributed by atoms with Crippen molar-refractivity contribution in [3.8, 4) is 0 Å². The normalized spacial score (nSPS) is 10.0. The minimum absolute atomic E-state index is 0.375. The van der Waals surface area contributed by atoms with Crippen molar-refractivity contribution in [2.45, 2.75) is 6.54 Å². The van der Waals surface area contributed by atoms with Crippen LogP contribution < -0.4 is 16.7 Å². The van der Waals surface area contributed by atoms with Gasteiger partial charge in [-0.2, -0.15) is 4.68 Å². The van der Waals surface area contributed by atoms with Crippen LogP contribution in [0.4, 0.5) is 0 Å². The number of hydrogen-bond acceptors (Lipinski definition) is 3. The SMILES string of the molecule is O=c1cc[nH]c(=O)n1NCc1ccccc1. The Hall–Kier alpha value is -2.30. The monoisotopic (exact) mass is 217 g/mol. The Bertz CT molecular complexity index is 543. The highest BCUT2D eigenvalue weighted by Gasteiger charge is 1.98. The summed E-state index contributed by atoms with van der Waals surface area (Å²) in [5.74, 6) is 0. The van der Waals surface area contributed by atoms with Crippen molar-refractivity contribution in [1.82, 2.24) is 9.66 Å².